The lowest BCUT2D eigenvalue weighted by molar-refractivity contribution is -0.0567. The van der Waals surface area contributed by atoms with E-state index in [1.54, 1.807) is 6.20 Å². The Hall–Kier alpha value is -1.70. The quantitative estimate of drug-likeness (QED) is 0.868. The average Bonchev–Trinajstić information content (AvgIpc) is 3.25. The van der Waals surface area contributed by atoms with Crippen LogP contribution in [0, 0.1) is 0 Å². The van der Waals surface area contributed by atoms with Crippen LogP contribution in [-0.2, 0) is 4.74 Å². The van der Waals surface area contributed by atoms with Crippen LogP contribution >= 0.6 is 0 Å². The van der Waals surface area contributed by atoms with Crippen LogP contribution in [0.15, 0.2) is 24.8 Å². The number of fused-ring (bicyclic) bond motifs is 1. The van der Waals surface area contributed by atoms with Gasteiger partial charge in [0.05, 0.1) is 12.7 Å². The Morgan fingerprint density at radius 3 is 3.05 bits per heavy atom. The molecule has 0 bridgehead atoms. The van der Waals surface area contributed by atoms with E-state index in [1.807, 2.05) is 18.6 Å². The molecule has 4 rings (SSSR count). The first-order valence-corrected chi connectivity index (χ1v) is 7.84. The molecule has 22 heavy (non-hydrogen) atoms. The molecular formula is C15H21N5O2. The van der Waals surface area contributed by atoms with E-state index >= 15 is 0 Å². The number of imidazole rings is 2. The van der Waals surface area contributed by atoms with Crippen molar-refractivity contribution in [3.8, 4) is 11.6 Å². The van der Waals surface area contributed by atoms with Crippen LogP contribution in [-0.4, -0.2) is 68.0 Å². The van der Waals surface area contributed by atoms with Gasteiger partial charge in [-0.1, -0.05) is 0 Å². The maximum atomic E-state index is 9.08. The highest BCUT2D eigenvalue weighted by atomic mass is 16.5. The number of rotatable bonds is 4. The molecule has 2 aliphatic rings. The third-order valence-electron chi connectivity index (χ3n) is 4.69. The van der Waals surface area contributed by atoms with E-state index in [1.165, 1.54) is 0 Å². The van der Waals surface area contributed by atoms with Crippen molar-refractivity contribution in [1.82, 2.24) is 24.4 Å². The van der Waals surface area contributed by atoms with Gasteiger partial charge in [-0.05, 0) is 12.8 Å². The maximum Gasteiger partial charge on any atom is 0.176 e. The number of aliphatic hydroxyl groups excluding tert-OH is 1. The van der Waals surface area contributed by atoms with Crippen LogP contribution in [0.25, 0.3) is 11.6 Å². The summed E-state index contributed by atoms with van der Waals surface area (Å²) in [6.45, 7) is 2.86. The van der Waals surface area contributed by atoms with E-state index in [-0.39, 0.29) is 12.7 Å². The highest BCUT2D eigenvalue weighted by Gasteiger charge is 2.38. The zero-order chi connectivity index (χ0) is 14.9. The Balaban J connectivity index is 1.51. The van der Waals surface area contributed by atoms with Gasteiger partial charge in [0, 0.05) is 56.6 Å². The first-order valence-electron chi connectivity index (χ1n) is 7.84. The van der Waals surface area contributed by atoms with Crippen molar-refractivity contribution in [2.45, 2.75) is 31.0 Å². The third-order valence-corrected chi connectivity index (χ3v) is 4.69. The monoisotopic (exact) mass is 303 g/mol. The fraction of sp³-hybridized carbons (Fsp3) is 0.600. The zero-order valence-electron chi connectivity index (χ0n) is 12.4. The van der Waals surface area contributed by atoms with Crippen LogP contribution in [0.4, 0.5) is 0 Å². The number of aliphatic hydroxyl groups is 1. The number of H-pyrrole nitrogens is 1. The molecule has 0 aromatic carbocycles. The fourth-order valence-corrected chi connectivity index (χ4v) is 3.61. The lowest BCUT2D eigenvalue weighted by Gasteiger charge is -2.34. The molecule has 2 aromatic rings. The molecule has 0 spiro atoms. The molecule has 0 radical (unpaired) electrons. The number of nitrogens with zero attached hydrogens (tertiary/aromatic N) is 4. The number of hydrogen-bond acceptors (Lipinski definition) is 5. The van der Waals surface area contributed by atoms with E-state index < -0.39 is 0 Å². The van der Waals surface area contributed by atoms with E-state index in [9.17, 15) is 0 Å². The first-order chi connectivity index (χ1) is 10.8. The first kappa shape index (κ1) is 13.9. The molecule has 2 aromatic heterocycles. The molecule has 2 fully saturated rings. The lowest BCUT2D eigenvalue weighted by Crippen LogP contribution is -2.46. The van der Waals surface area contributed by atoms with Gasteiger partial charge in [0.2, 0.25) is 0 Å². The lowest BCUT2D eigenvalue weighted by atomic mass is 10.1. The molecule has 118 valence electrons. The molecule has 3 atom stereocenters. The number of morpholine rings is 1. The van der Waals surface area contributed by atoms with Crippen molar-refractivity contribution >= 4 is 0 Å². The molecule has 2 N–H and O–H groups in total. The van der Waals surface area contributed by atoms with Gasteiger partial charge in [-0.15, -0.1) is 0 Å². The molecule has 4 heterocycles. The van der Waals surface area contributed by atoms with Crippen molar-refractivity contribution < 1.29 is 9.84 Å². The summed E-state index contributed by atoms with van der Waals surface area (Å²) in [5.41, 5.74) is 0. The largest absolute Gasteiger partial charge is 0.396 e. The van der Waals surface area contributed by atoms with Crippen molar-refractivity contribution in [3.05, 3.63) is 24.8 Å². The molecule has 0 saturated carbocycles. The zero-order valence-corrected chi connectivity index (χ0v) is 12.4. The van der Waals surface area contributed by atoms with Gasteiger partial charge in [0.1, 0.15) is 0 Å². The van der Waals surface area contributed by atoms with Crippen LogP contribution in [0.5, 0.6) is 0 Å². The topological polar surface area (TPSA) is 79.2 Å². The standard InChI is InChI=1S/C15H21N5O2/c21-6-1-13-9-19-8-11(7-12(19)10-22-13)20-5-4-18-15(20)14-16-2-3-17-14/h2-5,11-13,21H,1,6-10H2,(H,16,17)/t11-,12+,13+/m1/s1. The predicted molar refractivity (Wildman–Crippen MR) is 80.3 cm³/mol. The van der Waals surface area contributed by atoms with E-state index in [0.717, 1.165) is 44.2 Å². The summed E-state index contributed by atoms with van der Waals surface area (Å²) < 4.78 is 8.08. The Morgan fingerprint density at radius 1 is 1.27 bits per heavy atom. The maximum absolute atomic E-state index is 9.08. The summed E-state index contributed by atoms with van der Waals surface area (Å²) in [4.78, 5) is 14.4. The fourth-order valence-electron chi connectivity index (χ4n) is 3.61. The van der Waals surface area contributed by atoms with Gasteiger partial charge >= 0.3 is 0 Å². The number of ether oxygens (including phenoxy) is 1. The van der Waals surface area contributed by atoms with Crippen molar-refractivity contribution in [3.63, 3.8) is 0 Å². The highest BCUT2D eigenvalue weighted by Crippen LogP contribution is 2.33. The molecule has 0 amide bonds. The highest BCUT2D eigenvalue weighted by molar-refractivity contribution is 5.43. The molecule has 0 aliphatic carbocycles. The van der Waals surface area contributed by atoms with Gasteiger partial charge < -0.3 is 19.4 Å². The molecular weight excluding hydrogens is 282 g/mol. The molecule has 2 saturated heterocycles. The van der Waals surface area contributed by atoms with E-state index in [4.69, 9.17) is 9.84 Å². The third kappa shape index (κ3) is 2.45. The second-order valence-electron chi connectivity index (χ2n) is 6.06. The van der Waals surface area contributed by atoms with Gasteiger partial charge in [0.15, 0.2) is 11.6 Å². The number of aromatic nitrogens is 4. The summed E-state index contributed by atoms with van der Waals surface area (Å²) in [5, 5.41) is 9.08. The SMILES string of the molecule is OCC[C@H]1CN2C[C@H](n3ccnc3-c3ncc[nH]3)C[C@H]2CO1. The molecule has 2 aliphatic heterocycles. The summed E-state index contributed by atoms with van der Waals surface area (Å²) in [6.07, 6.45) is 9.38. The summed E-state index contributed by atoms with van der Waals surface area (Å²) >= 11 is 0. The van der Waals surface area contributed by atoms with Gasteiger partial charge in [-0.2, -0.15) is 0 Å². The second-order valence-corrected chi connectivity index (χ2v) is 6.06. The number of aromatic amines is 1. The normalized spacial score (nSPS) is 28.9. The van der Waals surface area contributed by atoms with Crippen molar-refractivity contribution in [2.75, 3.05) is 26.3 Å². The van der Waals surface area contributed by atoms with E-state index in [2.05, 4.69) is 24.4 Å². The molecule has 7 nitrogen and oxygen atoms in total. The minimum absolute atomic E-state index is 0.160. The molecule has 0 unspecified atom stereocenters. The van der Waals surface area contributed by atoms with Crippen LogP contribution in [0.2, 0.25) is 0 Å². The number of nitrogens with one attached hydrogen (secondary N) is 1. The van der Waals surface area contributed by atoms with Gasteiger partial charge in [0.25, 0.3) is 0 Å². The Morgan fingerprint density at radius 2 is 2.23 bits per heavy atom. The Labute approximate surface area is 128 Å². The van der Waals surface area contributed by atoms with Gasteiger partial charge in [-0.3, -0.25) is 4.90 Å². The average molecular weight is 303 g/mol. The minimum Gasteiger partial charge on any atom is -0.396 e. The van der Waals surface area contributed by atoms with Crippen molar-refractivity contribution in [1.29, 1.82) is 0 Å². The predicted octanol–water partition coefficient (Wildman–Crippen LogP) is 0.670. The van der Waals surface area contributed by atoms with E-state index in [0.29, 0.717) is 12.1 Å². The summed E-state index contributed by atoms with van der Waals surface area (Å²) in [6, 6.07) is 0.857. The number of hydrogen-bond donors (Lipinski definition) is 2. The summed E-state index contributed by atoms with van der Waals surface area (Å²) in [5.74, 6) is 1.70. The molecule has 7 heteroatoms. The minimum atomic E-state index is 0.160. The Bertz CT molecular complexity index is 611. The second kappa shape index (κ2) is 5.83. The smallest absolute Gasteiger partial charge is 0.176 e. The van der Waals surface area contributed by atoms with Crippen LogP contribution in [0.1, 0.15) is 18.9 Å². The van der Waals surface area contributed by atoms with Crippen LogP contribution < -0.4 is 0 Å². The summed E-state index contributed by atoms with van der Waals surface area (Å²) in [7, 11) is 0. The van der Waals surface area contributed by atoms with Gasteiger partial charge in [-0.25, -0.2) is 9.97 Å². The Kier molecular flexibility index (Phi) is 3.69. The van der Waals surface area contributed by atoms with Crippen molar-refractivity contribution in [2.24, 2.45) is 0 Å². The van der Waals surface area contributed by atoms with Crippen LogP contribution in [0.3, 0.4) is 0 Å².